The van der Waals surface area contributed by atoms with E-state index in [2.05, 4.69) is 10.6 Å². The Kier molecular flexibility index (Phi) is 6.38. The van der Waals surface area contributed by atoms with Crippen molar-refractivity contribution in [2.24, 2.45) is 0 Å². The van der Waals surface area contributed by atoms with Crippen LogP contribution in [0.15, 0.2) is 48.5 Å². The van der Waals surface area contributed by atoms with Crippen molar-refractivity contribution in [2.45, 2.75) is 6.54 Å². The van der Waals surface area contributed by atoms with Gasteiger partial charge >= 0.3 is 12.1 Å². The molecule has 0 aliphatic carbocycles. The van der Waals surface area contributed by atoms with Crippen LogP contribution in [-0.4, -0.2) is 43.3 Å². The van der Waals surface area contributed by atoms with E-state index in [1.807, 2.05) is 18.2 Å². The molecule has 1 saturated heterocycles. The number of ether oxygens (including phenoxy) is 2. The molecule has 0 bridgehead atoms. The van der Waals surface area contributed by atoms with Gasteiger partial charge in [0.15, 0.2) is 0 Å². The number of hydrogen-bond donors (Lipinski definition) is 2. The summed E-state index contributed by atoms with van der Waals surface area (Å²) in [4.78, 5) is 25.1. The highest BCUT2D eigenvalue weighted by Gasteiger charge is 2.21. The molecule has 1 aliphatic rings. The Morgan fingerprint density at radius 3 is 2.85 bits per heavy atom. The first-order valence-electron chi connectivity index (χ1n) is 8.54. The SMILES string of the molecule is O=C(NCCOc1cccc(Cl)c1)Nc1cccc(CN2CCOC2=O)c1. The third-order valence-electron chi connectivity index (χ3n) is 3.86. The first-order chi connectivity index (χ1) is 13.1. The van der Waals surface area contributed by atoms with E-state index in [4.69, 9.17) is 21.1 Å². The van der Waals surface area contributed by atoms with Crippen LogP contribution in [0.1, 0.15) is 5.56 Å². The average Bonchev–Trinajstić information content (AvgIpc) is 3.04. The van der Waals surface area contributed by atoms with E-state index >= 15 is 0 Å². The van der Waals surface area contributed by atoms with Crippen LogP contribution < -0.4 is 15.4 Å². The molecular weight excluding hydrogens is 370 g/mol. The number of carbonyl (C=O) groups excluding carboxylic acids is 2. The number of urea groups is 1. The van der Waals surface area contributed by atoms with Crippen molar-refractivity contribution < 1.29 is 19.1 Å². The van der Waals surface area contributed by atoms with Crippen molar-refractivity contribution in [3.8, 4) is 5.75 Å². The van der Waals surface area contributed by atoms with Crippen LogP contribution >= 0.6 is 11.6 Å². The van der Waals surface area contributed by atoms with E-state index in [1.165, 1.54) is 0 Å². The Morgan fingerprint density at radius 2 is 2.07 bits per heavy atom. The summed E-state index contributed by atoms with van der Waals surface area (Å²) in [6.07, 6.45) is -0.314. The highest BCUT2D eigenvalue weighted by Crippen LogP contribution is 2.17. The lowest BCUT2D eigenvalue weighted by Crippen LogP contribution is -2.32. The minimum Gasteiger partial charge on any atom is -0.492 e. The van der Waals surface area contributed by atoms with Crippen LogP contribution in [0.25, 0.3) is 0 Å². The van der Waals surface area contributed by atoms with Gasteiger partial charge in [0.1, 0.15) is 19.0 Å². The van der Waals surface area contributed by atoms with Crippen LogP contribution in [-0.2, 0) is 11.3 Å². The topological polar surface area (TPSA) is 79.9 Å². The molecule has 8 heteroatoms. The zero-order chi connectivity index (χ0) is 19.1. The van der Waals surface area contributed by atoms with Gasteiger partial charge in [0, 0.05) is 17.3 Å². The van der Waals surface area contributed by atoms with E-state index in [-0.39, 0.29) is 12.1 Å². The predicted molar refractivity (Wildman–Crippen MR) is 102 cm³/mol. The number of carbonyl (C=O) groups is 2. The average molecular weight is 390 g/mol. The first kappa shape index (κ1) is 18.8. The van der Waals surface area contributed by atoms with Gasteiger partial charge in [-0.1, -0.05) is 29.8 Å². The lowest BCUT2D eigenvalue weighted by molar-refractivity contribution is 0.157. The number of halogens is 1. The number of cyclic esters (lactones) is 1. The van der Waals surface area contributed by atoms with Crippen LogP contribution in [0.3, 0.4) is 0 Å². The third-order valence-corrected chi connectivity index (χ3v) is 4.09. The molecule has 1 aliphatic heterocycles. The monoisotopic (exact) mass is 389 g/mol. The molecule has 0 unspecified atom stereocenters. The fourth-order valence-electron chi connectivity index (χ4n) is 2.60. The Hall–Kier alpha value is -2.93. The molecule has 142 valence electrons. The fourth-order valence-corrected chi connectivity index (χ4v) is 2.78. The molecule has 1 heterocycles. The molecule has 0 saturated carbocycles. The normalized spacial score (nSPS) is 13.2. The lowest BCUT2D eigenvalue weighted by atomic mass is 10.2. The maximum atomic E-state index is 12.0. The van der Waals surface area contributed by atoms with Gasteiger partial charge in [-0.3, -0.25) is 0 Å². The summed E-state index contributed by atoms with van der Waals surface area (Å²) in [6, 6.07) is 14.1. The summed E-state index contributed by atoms with van der Waals surface area (Å²) in [7, 11) is 0. The summed E-state index contributed by atoms with van der Waals surface area (Å²) in [6.45, 7) is 2.10. The number of nitrogens with zero attached hydrogens (tertiary/aromatic N) is 1. The van der Waals surface area contributed by atoms with Crippen molar-refractivity contribution in [1.29, 1.82) is 0 Å². The molecule has 0 spiro atoms. The molecule has 7 nitrogen and oxygen atoms in total. The van der Waals surface area contributed by atoms with Crippen LogP contribution in [0, 0.1) is 0 Å². The van der Waals surface area contributed by atoms with E-state index in [1.54, 1.807) is 35.2 Å². The van der Waals surface area contributed by atoms with Gasteiger partial charge in [-0.25, -0.2) is 9.59 Å². The van der Waals surface area contributed by atoms with E-state index in [0.717, 1.165) is 5.56 Å². The van der Waals surface area contributed by atoms with Gasteiger partial charge in [-0.05, 0) is 35.9 Å². The summed E-state index contributed by atoms with van der Waals surface area (Å²) < 4.78 is 10.4. The molecule has 0 atom stereocenters. The molecule has 3 amide bonds. The number of nitrogens with one attached hydrogen (secondary N) is 2. The zero-order valence-corrected chi connectivity index (χ0v) is 15.4. The number of hydrogen-bond acceptors (Lipinski definition) is 4. The van der Waals surface area contributed by atoms with Crippen molar-refractivity contribution in [3.63, 3.8) is 0 Å². The van der Waals surface area contributed by atoms with Gasteiger partial charge in [0.05, 0.1) is 13.1 Å². The second kappa shape index (κ2) is 9.14. The van der Waals surface area contributed by atoms with Gasteiger partial charge in [0.2, 0.25) is 0 Å². The molecule has 27 heavy (non-hydrogen) atoms. The minimum absolute atomic E-state index is 0.314. The Morgan fingerprint density at radius 1 is 1.22 bits per heavy atom. The van der Waals surface area contributed by atoms with Gasteiger partial charge in [-0.15, -0.1) is 0 Å². The van der Waals surface area contributed by atoms with E-state index in [9.17, 15) is 9.59 Å². The molecule has 2 aromatic rings. The largest absolute Gasteiger partial charge is 0.492 e. The van der Waals surface area contributed by atoms with Crippen LogP contribution in [0.5, 0.6) is 5.75 Å². The number of amides is 3. The lowest BCUT2D eigenvalue weighted by Gasteiger charge is -2.14. The number of rotatable bonds is 7. The maximum absolute atomic E-state index is 12.0. The molecule has 0 aromatic heterocycles. The number of anilines is 1. The molecule has 1 fully saturated rings. The molecule has 0 radical (unpaired) electrons. The smallest absolute Gasteiger partial charge is 0.410 e. The minimum atomic E-state index is -0.331. The maximum Gasteiger partial charge on any atom is 0.410 e. The number of benzene rings is 2. The van der Waals surface area contributed by atoms with E-state index < -0.39 is 0 Å². The molecule has 2 aromatic carbocycles. The Bertz CT molecular complexity index is 815. The summed E-state index contributed by atoms with van der Waals surface area (Å²) in [5, 5.41) is 6.09. The van der Waals surface area contributed by atoms with Crippen LogP contribution in [0.2, 0.25) is 5.02 Å². The Balaban J connectivity index is 1.42. The Labute approximate surface area is 162 Å². The van der Waals surface area contributed by atoms with Crippen LogP contribution in [0.4, 0.5) is 15.3 Å². The summed E-state index contributed by atoms with van der Waals surface area (Å²) in [5.41, 5.74) is 1.56. The van der Waals surface area contributed by atoms with E-state index in [0.29, 0.717) is 49.3 Å². The van der Waals surface area contributed by atoms with Gasteiger partial charge < -0.3 is 25.0 Å². The quantitative estimate of drug-likeness (QED) is 0.710. The molecule has 3 rings (SSSR count). The highest BCUT2D eigenvalue weighted by atomic mass is 35.5. The van der Waals surface area contributed by atoms with Gasteiger partial charge in [0.25, 0.3) is 0 Å². The second-order valence-electron chi connectivity index (χ2n) is 5.92. The summed E-state index contributed by atoms with van der Waals surface area (Å²) in [5.74, 6) is 0.651. The molecular formula is C19H20ClN3O4. The zero-order valence-electron chi connectivity index (χ0n) is 14.6. The van der Waals surface area contributed by atoms with Crippen molar-refractivity contribution >= 4 is 29.4 Å². The first-order valence-corrected chi connectivity index (χ1v) is 8.92. The van der Waals surface area contributed by atoms with Crippen molar-refractivity contribution in [3.05, 3.63) is 59.1 Å². The standard InChI is InChI=1S/C19H20ClN3O4/c20-15-4-2-6-17(12-15)26-9-7-21-18(24)22-16-5-1-3-14(11-16)13-23-8-10-27-19(23)25/h1-6,11-12H,7-10,13H2,(H2,21,22,24). The second-order valence-corrected chi connectivity index (χ2v) is 6.36. The highest BCUT2D eigenvalue weighted by molar-refractivity contribution is 6.30. The van der Waals surface area contributed by atoms with Crippen molar-refractivity contribution in [2.75, 3.05) is 31.6 Å². The fraction of sp³-hybridized carbons (Fsp3) is 0.263. The predicted octanol–water partition coefficient (Wildman–Crippen LogP) is 3.49. The molecule has 2 N–H and O–H groups in total. The van der Waals surface area contributed by atoms with Crippen molar-refractivity contribution in [1.82, 2.24) is 10.2 Å². The third kappa shape index (κ3) is 5.79. The van der Waals surface area contributed by atoms with Gasteiger partial charge in [-0.2, -0.15) is 0 Å². The summed E-state index contributed by atoms with van der Waals surface area (Å²) >= 11 is 5.88.